The second kappa shape index (κ2) is 9.20. The van der Waals surface area contributed by atoms with Gasteiger partial charge in [-0.1, -0.05) is 42.5 Å². The van der Waals surface area contributed by atoms with Crippen LogP contribution in [0, 0.1) is 0 Å². The zero-order valence-electron chi connectivity index (χ0n) is 17.4. The first-order valence-electron chi connectivity index (χ1n) is 10.1. The minimum Gasteiger partial charge on any atom is -0.496 e. The van der Waals surface area contributed by atoms with Gasteiger partial charge in [0.25, 0.3) is 0 Å². The van der Waals surface area contributed by atoms with Crippen LogP contribution in [0.5, 0.6) is 17.2 Å². The van der Waals surface area contributed by atoms with Crippen molar-refractivity contribution < 1.29 is 19.3 Å². The molecule has 1 atom stereocenters. The van der Waals surface area contributed by atoms with Crippen molar-refractivity contribution >= 4 is 0 Å². The molecule has 1 aliphatic heterocycles. The third kappa shape index (κ3) is 4.75. The van der Waals surface area contributed by atoms with E-state index in [2.05, 4.69) is 29.2 Å². The summed E-state index contributed by atoms with van der Waals surface area (Å²) in [5.41, 5.74) is 4.50. The van der Waals surface area contributed by atoms with E-state index in [1.54, 1.807) is 7.11 Å². The molecule has 1 aliphatic rings. The summed E-state index contributed by atoms with van der Waals surface area (Å²) in [6, 6.07) is 22.6. The summed E-state index contributed by atoms with van der Waals surface area (Å²) in [4.78, 5) is 2.22. The third-order valence-corrected chi connectivity index (χ3v) is 5.15. The molecule has 0 aromatic heterocycles. The molecular weight excluding hydrogens is 378 g/mol. The molecule has 0 saturated heterocycles. The van der Waals surface area contributed by atoms with Crippen molar-refractivity contribution in [3.63, 3.8) is 0 Å². The maximum atomic E-state index is 10.1. The summed E-state index contributed by atoms with van der Waals surface area (Å²) < 4.78 is 16.6. The van der Waals surface area contributed by atoms with Gasteiger partial charge in [-0.3, -0.25) is 4.90 Å². The molecule has 0 saturated carbocycles. The average molecular weight is 405 g/mol. The van der Waals surface area contributed by atoms with E-state index in [1.807, 2.05) is 49.4 Å². The molecule has 0 unspecified atom stereocenters. The Bertz CT molecular complexity index is 988. The highest BCUT2D eigenvalue weighted by molar-refractivity contribution is 5.65. The van der Waals surface area contributed by atoms with Gasteiger partial charge in [-0.15, -0.1) is 0 Å². The molecule has 4 rings (SSSR count). The minimum absolute atomic E-state index is 0.264. The molecule has 3 aromatic carbocycles. The smallest absolute Gasteiger partial charge is 0.231 e. The fourth-order valence-electron chi connectivity index (χ4n) is 3.81. The monoisotopic (exact) mass is 405 g/mol. The van der Waals surface area contributed by atoms with Crippen LogP contribution >= 0.6 is 0 Å². The zero-order valence-corrected chi connectivity index (χ0v) is 17.4. The minimum atomic E-state index is -0.442. The van der Waals surface area contributed by atoms with Crippen LogP contribution in [0.4, 0.5) is 0 Å². The molecule has 0 fully saturated rings. The highest BCUT2D eigenvalue weighted by Gasteiger charge is 2.17. The van der Waals surface area contributed by atoms with E-state index < -0.39 is 6.10 Å². The predicted molar refractivity (Wildman–Crippen MR) is 117 cm³/mol. The Kier molecular flexibility index (Phi) is 6.21. The molecule has 156 valence electrons. The number of aliphatic hydroxyl groups excluding tert-OH is 1. The summed E-state index contributed by atoms with van der Waals surface area (Å²) in [5.74, 6) is 2.39. The van der Waals surface area contributed by atoms with Crippen LogP contribution in [-0.4, -0.2) is 36.6 Å². The van der Waals surface area contributed by atoms with E-state index in [0.29, 0.717) is 19.6 Å². The van der Waals surface area contributed by atoms with Gasteiger partial charge in [0, 0.05) is 25.2 Å². The molecule has 5 heteroatoms. The van der Waals surface area contributed by atoms with Gasteiger partial charge in [-0.2, -0.15) is 0 Å². The Morgan fingerprint density at radius 3 is 2.50 bits per heavy atom. The van der Waals surface area contributed by atoms with Crippen LogP contribution < -0.4 is 14.2 Å². The quantitative estimate of drug-likeness (QED) is 0.599. The van der Waals surface area contributed by atoms with Crippen LogP contribution in [0.1, 0.15) is 18.1 Å². The Balaban J connectivity index is 1.59. The van der Waals surface area contributed by atoms with Crippen molar-refractivity contribution in [3.8, 4) is 28.4 Å². The number of aliphatic hydroxyl groups is 1. The summed E-state index contributed by atoms with van der Waals surface area (Å²) in [6.07, 6.45) is -0.442. The molecule has 30 heavy (non-hydrogen) atoms. The molecule has 3 aromatic rings. The normalized spacial score (nSPS) is 13.5. The zero-order chi connectivity index (χ0) is 20.9. The Morgan fingerprint density at radius 2 is 1.73 bits per heavy atom. The highest BCUT2D eigenvalue weighted by atomic mass is 16.7. The molecule has 0 bridgehead atoms. The van der Waals surface area contributed by atoms with Crippen molar-refractivity contribution in [2.75, 3.05) is 20.4 Å². The summed E-state index contributed by atoms with van der Waals surface area (Å²) in [5, 5.41) is 10.1. The summed E-state index contributed by atoms with van der Waals surface area (Å²) in [6.45, 7) is 3.96. The number of hydrogen-bond donors (Lipinski definition) is 1. The van der Waals surface area contributed by atoms with Crippen LogP contribution in [0.3, 0.4) is 0 Å². The molecule has 0 amide bonds. The van der Waals surface area contributed by atoms with Gasteiger partial charge in [0.1, 0.15) is 5.75 Å². The number of hydrogen-bond acceptors (Lipinski definition) is 5. The van der Waals surface area contributed by atoms with Gasteiger partial charge in [-0.25, -0.2) is 0 Å². The fraction of sp³-hybridized carbons (Fsp3) is 0.280. The van der Waals surface area contributed by atoms with Crippen molar-refractivity contribution in [1.82, 2.24) is 4.90 Å². The van der Waals surface area contributed by atoms with Gasteiger partial charge in [0.2, 0.25) is 6.79 Å². The first-order chi connectivity index (χ1) is 14.6. The van der Waals surface area contributed by atoms with E-state index in [4.69, 9.17) is 14.2 Å². The van der Waals surface area contributed by atoms with Gasteiger partial charge in [-0.05, 0) is 47.9 Å². The Hall–Kier alpha value is -3.02. The second-order valence-electron chi connectivity index (χ2n) is 7.60. The van der Waals surface area contributed by atoms with E-state index >= 15 is 0 Å². The SMILES string of the molecule is COc1ccc(-c2ccccc2)cc1CN(Cc1ccc2c(c1)OCO2)C[C@H](C)O. The Labute approximate surface area is 177 Å². The van der Waals surface area contributed by atoms with E-state index in [-0.39, 0.29) is 6.79 Å². The number of nitrogens with zero attached hydrogens (tertiary/aromatic N) is 1. The van der Waals surface area contributed by atoms with Crippen molar-refractivity contribution in [2.45, 2.75) is 26.1 Å². The molecule has 5 nitrogen and oxygen atoms in total. The van der Waals surface area contributed by atoms with Gasteiger partial charge >= 0.3 is 0 Å². The number of methoxy groups -OCH3 is 1. The first-order valence-corrected chi connectivity index (χ1v) is 10.1. The second-order valence-corrected chi connectivity index (χ2v) is 7.60. The van der Waals surface area contributed by atoms with Crippen LogP contribution in [0.15, 0.2) is 66.7 Å². The summed E-state index contributed by atoms with van der Waals surface area (Å²) in [7, 11) is 1.69. The molecule has 0 spiro atoms. The number of rotatable bonds is 8. The molecule has 1 heterocycles. The third-order valence-electron chi connectivity index (χ3n) is 5.15. The van der Waals surface area contributed by atoms with E-state index in [1.165, 1.54) is 5.56 Å². The largest absolute Gasteiger partial charge is 0.496 e. The lowest BCUT2D eigenvalue weighted by Crippen LogP contribution is -2.30. The van der Waals surface area contributed by atoms with Crippen LogP contribution in [0.25, 0.3) is 11.1 Å². The van der Waals surface area contributed by atoms with Crippen molar-refractivity contribution in [1.29, 1.82) is 0 Å². The molecule has 0 radical (unpaired) electrons. The molecular formula is C25H27NO4. The fourth-order valence-corrected chi connectivity index (χ4v) is 3.81. The van der Waals surface area contributed by atoms with Gasteiger partial charge in [0.05, 0.1) is 13.2 Å². The van der Waals surface area contributed by atoms with Gasteiger partial charge < -0.3 is 19.3 Å². The molecule has 0 aliphatic carbocycles. The number of fused-ring (bicyclic) bond motifs is 1. The molecule has 1 N–H and O–H groups in total. The predicted octanol–water partition coefficient (Wildman–Crippen LogP) is 4.47. The van der Waals surface area contributed by atoms with Crippen LogP contribution in [0.2, 0.25) is 0 Å². The Morgan fingerprint density at radius 1 is 0.933 bits per heavy atom. The van der Waals surface area contributed by atoms with Crippen molar-refractivity contribution in [3.05, 3.63) is 77.9 Å². The summed E-state index contributed by atoms with van der Waals surface area (Å²) >= 11 is 0. The standard InChI is InChI=1S/C25H27NO4/c1-18(27)14-26(15-19-8-10-24-25(12-19)30-17-29-24)16-22-13-21(9-11-23(22)28-2)20-6-4-3-5-7-20/h3-13,18,27H,14-17H2,1-2H3/t18-/m0/s1. The topological polar surface area (TPSA) is 51.2 Å². The number of ether oxygens (including phenoxy) is 3. The van der Waals surface area contributed by atoms with E-state index in [0.717, 1.165) is 33.9 Å². The number of benzene rings is 3. The van der Waals surface area contributed by atoms with Crippen molar-refractivity contribution in [2.24, 2.45) is 0 Å². The first kappa shape index (κ1) is 20.3. The van der Waals surface area contributed by atoms with Crippen LogP contribution in [-0.2, 0) is 13.1 Å². The highest BCUT2D eigenvalue weighted by Crippen LogP contribution is 2.33. The lowest BCUT2D eigenvalue weighted by molar-refractivity contribution is 0.117. The maximum absolute atomic E-state index is 10.1. The maximum Gasteiger partial charge on any atom is 0.231 e. The van der Waals surface area contributed by atoms with Gasteiger partial charge in [0.15, 0.2) is 11.5 Å². The average Bonchev–Trinajstić information content (AvgIpc) is 3.22. The lowest BCUT2D eigenvalue weighted by Gasteiger charge is -2.25. The van der Waals surface area contributed by atoms with E-state index in [9.17, 15) is 5.11 Å². The lowest BCUT2D eigenvalue weighted by atomic mass is 10.0.